The molecule has 3 rings (SSSR count). The molecule has 24 heavy (non-hydrogen) atoms. The van der Waals surface area contributed by atoms with Gasteiger partial charge in [-0.2, -0.15) is 8.42 Å². The standard InChI is InChI=1S/C16H12BrClN2O2S2/c1-2-9-20-14-8-3-11(17)10-15(14)23-16(20)19-24(21,22)13-6-4-12(18)5-7-13/h2-8,10H,1,9H2/b19-16-. The minimum atomic E-state index is -3.82. The highest BCUT2D eigenvalue weighted by Gasteiger charge is 2.14. The van der Waals surface area contributed by atoms with E-state index in [4.69, 9.17) is 11.6 Å². The predicted molar refractivity (Wildman–Crippen MR) is 102 cm³/mol. The van der Waals surface area contributed by atoms with Crippen molar-refractivity contribution in [3.63, 3.8) is 0 Å². The zero-order valence-corrected chi connectivity index (χ0v) is 16.3. The minimum Gasteiger partial charge on any atom is -0.312 e. The van der Waals surface area contributed by atoms with E-state index in [2.05, 4.69) is 26.9 Å². The Morgan fingerprint density at radius 1 is 1.25 bits per heavy atom. The molecule has 4 nitrogen and oxygen atoms in total. The quantitative estimate of drug-likeness (QED) is 0.554. The van der Waals surface area contributed by atoms with E-state index in [0.717, 1.165) is 14.7 Å². The second-order valence-corrected chi connectivity index (χ2v) is 8.88. The summed E-state index contributed by atoms with van der Waals surface area (Å²) in [5.74, 6) is 0. The van der Waals surface area contributed by atoms with Crippen molar-refractivity contribution < 1.29 is 8.42 Å². The van der Waals surface area contributed by atoms with Crippen LogP contribution in [0.5, 0.6) is 0 Å². The van der Waals surface area contributed by atoms with E-state index < -0.39 is 10.0 Å². The van der Waals surface area contributed by atoms with E-state index in [1.165, 1.54) is 35.6 Å². The van der Waals surface area contributed by atoms with Crippen molar-refractivity contribution in [2.45, 2.75) is 11.4 Å². The van der Waals surface area contributed by atoms with E-state index >= 15 is 0 Å². The van der Waals surface area contributed by atoms with Gasteiger partial charge in [0.15, 0.2) is 0 Å². The number of benzene rings is 2. The Morgan fingerprint density at radius 3 is 2.62 bits per heavy atom. The minimum absolute atomic E-state index is 0.107. The molecular formula is C16H12BrClN2O2S2. The number of nitrogens with zero attached hydrogens (tertiary/aromatic N) is 2. The number of thiazole rings is 1. The van der Waals surface area contributed by atoms with Crippen LogP contribution in [0.1, 0.15) is 0 Å². The largest absolute Gasteiger partial charge is 0.312 e. The lowest BCUT2D eigenvalue weighted by atomic mass is 10.3. The van der Waals surface area contributed by atoms with Crippen molar-refractivity contribution in [1.29, 1.82) is 0 Å². The molecule has 0 unspecified atom stereocenters. The Kier molecular flexibility index (Phi) is 4.96. The normalized spacial score (nSPS) is 12.7. The van der Waals surface area contributed by atoms with Crippen molar-refractivity contribution >= 4 is 59.1 Å². The highest BCUT2D eigenvalue weighted by Crippen LogP contribution is 2.23. The number of rotatable bonds is 4. The average Bonchev–Trinajstić information content (AvgIpc) is 2.84. The molecule has 0 saturated heterocycles. The van der Waals surface area contributed by atoms with Crippen LogP contribution in [0.4, 0.5) is 0 Å². The van der Waals surface area contributed by atoms with E-state index in [0.29, 0.717) is 16.4 Å². The maximum absolute atomic E-state index is 12.6. The van der Waals surface area contributed by atoms with Crippen LogP contribution in [0, 0.1) is 0 Å². The summed E-state index contributed by atoms with van der Waals surface area (Å²) in [5, 5.41) is 0.474. The number of sulfonamides is 1. The first-order valence-corrected chi connectivity index (χ1v) is 10.3. The third-order valence-electron chi connectivity index (χ3n) is 3.27. The zero-order valence-electron chi connectivity index (χ0n) is 12.3. The van der Waals surface area contributed by atoms with Gasteiger partial charge in [-0.1, -0.05) is 44.9 Å². The summed E-state index contributed by atoms with van der Waals surface area (Å²) in [6, 6.07) is 11.7. The molecule has 0 bridgehead atoms. The molecule has 0 aliphatic rings. The molecule has 3 aromatic rings. The SMILES string of the molecule is C=CCn1/c(=N/S(=O)(=O)c2ccc(Cl)cc2)sc2cc(Br)ccc21. The average molecular weight is 444 g/mol. The lowest BCUT2D eigenvalue weighted by molar-refractivity contribution is 0.596. The number of hydrogen-bond donors (Lipinski definition) is 0. The Labute approximate surface area is 156 Å². The third kappa shape index (κ3) is 3.49. The van der Waals surface area contributed by atoms with Gasteiger partial charge in [0.05, 0.1) is 15.1 Å². The van der Waals surface area contributed by atoms with Gasteiger partial charge in [0.25, 0.3) is 10.0 Å². The van der Waals surface area contributed by atoms with Crippen molar-refractivity contribution in [2.75, 3.05) is 0 Å². The van der Waals surface area contributed by atoms with Gasteiger partial charge in [-0.25, -0.2) is 0 Å². The number of aromatic nitrogens is 1. The molecule has 0 saturated carbocycles. The smallest absolute Gasteiger partial charge is 0.285 e. The fraction of sp³-hybridized carbons (Fsp3) is 0.0625. The van der Waals surface area contributed by atoms with Gasteiger partial charge in [-0.05, 0) is 42.5 Å². The second-order valence-electron chi connectivity index (χ2n) is 4.92. The van der Waals surface area contributed by atoms with Gasteiger partial charge in [0.2, 0.25) is 4.80 Å². The van der Waals surface area contributed by atoms with Crippen molar-refractivity contribution in [1.82, 2.24) is 4.57 Å². The van der Waals surface area contributed by atoms with E-state index in [9.17, 15) is 8.42 Å². The first-order valence-electron chi connectivity index (χ1n) is 6.87. The monoisotopic (exact) mass is 442 g/mol. The summed E-state index contributed by atoms with van der Waals surface area (Å²) in [6.07, 6.45) is 1.71. The molecule has 124 valence electrons. The highest BCUT2D eigenvalue weighted by atomic mass is 79.9. The maximum Gasteiger partial charge on any atom is 0.285 e. The Balaban J connectivity index is 2.23. The molecular weight excluding hydrogens is 432 g/mol. The van der Waals surface area contributed by atoms with Crippen molar-refractivity contribution in [3.05, 3.63) is 69.4 Å². The molecule has 1 aromatic heterocycles. The van der Waals surface area contributed by atoms with Crippen LogP contribution in [0.15, 0.2) is 68.9 Å². The number of allylic oxidation sites excluding steroid dienone is 1. The molecule has 2 aromatic carbocycles. The summed E-state index contributed by atoms with van der Waals surface area (Å²) >= 11 is 10.6. The topological polar surface area (TPSA) is 51.4 Å². The molecule has 0 N–H and O–H groups in total. The van der Waals surface area contributed by atoms with Crippen LogP contribution >= 0.6 is 38.9 Å². The zero-order chi connectivity index (χ0) is 17.3. The lowest BCUT2D eigenvalue weighted by Crippen LogP contribution is -2.16. The van der Waals surface area contributed by atoms with Crippen molar-refractivity contribution in [3.8, 4) is 0 Å². The van der Waals surface area contributed by atoms with E-state index in [-0.39, 0.29) is 4.90 Å². The van der Waals surface area contributed by atoms with Gasteiger partial charge < -0.3 is 4.57 Å². The molecule has 8 heteroatoms. The third-order valence-corrected chi connectivity index (χ3v) is 6.45. The van der Waals surface area contributed by atoms with Crippen LogP contribution in [0.3, 0.4) is 0 Å². The second kappa shape index (κ2) is 6.84. The van der Waals surface area contributed by atoms with Crippen LogP contribution in [-0.2, 0) is 16.6 Å². The highest BCUT2D eigenvalue weighted by molar-refractivity contribution is 9.10. The maximum atomic E-state index is 12.6. The van der Waals surface area contributed by atoms with E-state index in [1.54, 1.807) is 6.08 Å². The van der Waals surface area contributed by atoms with Gasteiger partial charge in [-0.15, -0.1) is 11.0 Å². The summed E-state index contributed by atoms with van der Waals surface area (Å²) in [4.78, 5) is 0.508. The molecule has 0 atom stereocenters. The van der Waals surface area contributed by atoms with Crippen LogP contribution in [0.25, 0.3) is 10.2 Å². The Bertz CT molecular complexity index is 1080. The summed E-state index contributed by atoms with van der Waals surface area (Å²) in [5.41, 5.74) is 0.910. The van der Waals surface area contributed by atoms with Crippen LogP contribution < -0.4 is 4.80 Å². The summed E-state index contributed by atoms with van der Waals surface area (Å²) < 4.78 is 32.8. The first-order chi connectivity index (χ1) is 11.4. The fourth-order valence-electron chi connectivity index (χ4n) is 2.18. The van der Waals surface area contributed by atoms with Crippen molar-refractivity contribution in [2.24, 2.45) is 4.40 Å². The predicted octanol–water partition coefficient (Wildman–Crippen LogP) is 4.59. The summed E-state index contributed by atoms with van der Waals surface area (Å²) in [7, 11) is -3.82. The number of halogens is 2. The fourth-order valence-corrected chi connectivity index (χ4v) is 5.10. The van der Waals surface area contributed by atoms with Gasteiger partial charge >= 0.3 is 0 Å². The number of fused-ring (bicyclic) bond motifs is 1. The number of hydrogen-bond acceptors (Lipinski definition) is 3. The van der Waals surface area contributed by atoms with Gasteiger partial charge in [-0.3, -0.25) is 0 Å². The molecule has 1 heterocycles. The molecule has 0 aliphatic carbocycles. The molecule has 0 aliphatic heterocycles. The molecule has 0 radical (unpaired) electrons. The Morgan fingerprint density at radius 2 is 1.96 bits per heavy atom. The van der Waals surface area contributed by atoms with Crippen LogP contribution in [0.2, 0.25) is 5.02 Å². The Hall–Kier alpha value is -1.41. The van der Waals surface area contributed by atoms with Gasteiger partial charge in [0, 0.05) is 16.0 Å². The van der Waals surface area contributed by atoms with Crippen LogP contribution in [-0.4, -0.2) is 13.0 Å². The lowest BCUT2D eigenvalue weighted by Gasteiger charge is -2.02. The summed E-state index contributed by atoms with van der Waals surface area (Å²) in [6.45, 7) is 4.20. The van der Waals surface area contributed by atoms with Gasteiger partial charge in [0.1, 0.15) is 0 Å². The van der Waals surface area contributed by atoms with E-state index in [1.807, 2.05) is 22.8 Å². The molecule has 0 fully saturated rings. The molecule has 0 amide bonds. The molecule has 0 spiro atoms. The first kappa shape index (κ1) is 17.4.